The average Bonchev–Trinajstić information content (AvgIpc) is 3.29. The molecule has 13 heteroatoms. The summed E-state index contributed by atoms with van der Waals surface area (Å²) in [6.07, 6.45) is 2.53. The van der Waals surface area contributed by atoms with E-state index in [1.165, 1.54) is 24.7 Å². The van der Waals surface area contributed by atoms with Gasteiger partial charge in [-0.15, -0.1) is 0 Å². The molecule has 1 aromatic carbocycles. The standard InChI is InChI=1S/C25H22F4N8O/c26-18-10-14(24(38)34-19-11-16(5-6-32-19)25(27,28)29)3-4-17(18)20-21-22(31)33-7-9-37(21)23(35-20)15-2-1-8-36(12-15)13-30/h3-7,9-11,13,15,30H,1-2,8,12H2,(H2,31,33)(H,32,34,38)/t15-/m1/s1. The van der Waals surface area contributed by atoms with E-state index in [0.717, 1.165) is 37.7 Å². The number of anilines is 2. The zero-order valence-corrected chi connectivity index (χ0v) is 19.8. The van der Waals surface area contributed by atoms with Crippen molar-refractivity contribution < 1.29 is 22.4 Å². The van der Waals surface area contributed by atoms with Gasteiger partial charge in [-0.1, -0.05) is 0 Å². The maximum absolute atomic E-state index is 15.4. The third kappa shape index (κ3) is 4.74. The number of piperidine rings is 1. The van der Waals surface area contributed by atoms with Gasteiger partial charge in [0.1, 0.15) is 34.5 Å². The van der Waals surface area contributed by atoms with Crippen LogP contribution in [0.5, 0.6) is 0 Å². The molecule has 1 aliphatic heterocycles. The number of benzene rings is 1. The number of rotatable bonds is 5. The van der Waals surface area contributed by atoms with E-state index in [9.17, 15) is 18.0 Å². The van der Waals surface area contributed by atoms with Gasteiger partial charge in [-0.3, -0.25) is 14.6 Å². The molecule has 9 nitrogen and oxygen atoms in total. The molecule has 0 bridgehead atoms. The minimum Gasteiger partial charge on any atom is -0.382 e. The number of hydrogen-bond donors (Lipinski definition) is 3. The lowest BCUT2D eigenvalue weighted by atomic mass is 9.97. The van der Waals surface area contributed by atoms with Crippen LogP contribution in [-0.2, 0) is 6.18 Å². The molecule has 1 atom stereocenters. The number of alkyl halides is 3. The monoisotopic (exact) mass is 526 g/mol. The van der Waals surface area contributed by atoms with Crippen molar-refractivity contribution in [3.05, 3.63) is 71.7 Å². The molecule has 0 aliphatic carbocycles. The summed E-state index contributed by atoms with van der Waals surface area (Å²) in [6, 6.07) is 5.17. The lowest BCUT2D eigenvalue weighted by molar-refractivity contribution is -0.137. The Hall–Kier alpha value is -4.55. The second kappa shape index (κ2) is 9.72. The van der Waals surface area contributed by atoms with Gasteiger partial charge < -0.3 is 16.0 Å². The van der Waals surface area contributed by atoms with Crippen molar-refractivity contribution in [1.82, 2.24) is 24.3 Å². The van der Waals surface area contributed by atoms with Gasteiger partial charge in [0, 0.05) is 48.7 Å². The molecule has 4 aromatic rings. The maximum atomic E-state index is 15.4. The van der Waals surface area contributed by atoms with E-state index in [1.807, 2.05) is 4.90 Å². The number of nitrogens with one attached hydrogen (secondary N) is 2. The fourth-order valence-corrected chi connectivity index (χ4v) is 4.61. The molecule has 1 aliphatic rings. The molecular formula is C25H22F4N8O. The molecule has 0 saturated carbocycles. The van der Waals surface area contributed by atoms with Crippen LogP contribution < -0.4 is 11.1 Å². The fraction of sp³-hybridized carbons (Fsp3) is 0.240. The van der Waals surface area contributed by atoms with Crippen molar-refractivity contribution >= 4 is 29.4 Å². The first-order valence-corrected chi connectivity index (χ1v) is 11.7. The Kier molecular flexibility index (Phi) is 6.43. The van der Waals surface area contributed by atoms with Gasteiger partial charge in [-0.2, -0.15) is 13.2 Å². The Labute approximate surface area is 213 Å². The maximum Gasteiger partial charge on any atom is 0.416 e. The SMILES string of the molecule is N=CN1CCC[C@@H](c2nc(-c3ccc(C(=O)Nc4cc(C(F)(F)F)ccn4)cc3F)c3c(N)nccn23)C1. The number of halogens is 4. The number of nitrogen functional groups attached to an aromatic ring is 1. The zero-order chi connectivity index (χ0) is 27.0. The van der Waals surface area contributed by atoms with Crippen molar-refractivity contribution in [2.45, 2.75) is 24.9 Å². The Morgan fingerprint density at radius 2 is 2.00 bits per heavy atom. The van der Waals surface area contributed by atoms with E-state index in [2.05, 4.69) is 15.3 Å². The number of amides is 1. The summed E-state index contributed by atoms with van der Waals surface area (Å²) >= 11 is 0. The predicted octanol–water partition coefficient (Wildman–Crippen LogP) is 4.57. The number of nitrogens with zero attached hydrogens (tertiary/aromatic N) is 5. The van der Waals surface area contributed by atoms with E-state index < -0.39 is 23.5 Å². The first-order valence-electron chi connectivity index (χ1n) is 11.7. The van der Waals surface area contributed by atoms with Crippen LogP contribution in [0.2, 0.25) is 0 Å². The Morgan fingerprint density at radius 3 is 2.74 bits per heavy atom. The molecular weight excluding hydrogens is 504 g/mol. The summed E-state index contributed by atoms with van der Waals surface area (Å²) in [5, 5.41) is 9.85. The van der Waals surface area contributed by atoms with Crippen LogP contribution in [0.1, 0.15) is 40.5 Å². The van der Waals surface area contributed by atoms with Crippen LogP contribution >= 0.6 is 0 Å². The van der Waals surface area contributed by atoms with E-state index >= 15 is 4.39 Å². The molecule has 0 radical (unpaired) electrons. The normalized spacial score (nSPS) is 16.0. The average molecular weight is 526 g/mol. The summed E-state index contributed by atoms with van der Waals surface area (Å²) in [6.45, 7) is 1.35. The summed E-state index contributed by atoms with van der Waals surface area (Å²) in [5.41, 5.74) is 5.82. The van der Waals surface area contributed by atoms with E-state index in [0.29, 0.717) is 24.0 Å². The van der Waals surface area contributed by atoms with Gasteiger partial charge in [-0.25, -0.2) is 19.3 Å². The largest absolute Gasteiger partial charge is 0.416 e. The lowest BCUT2D eigenvalue weighted by Gasteiger charge is -2.30. The van der Waals surface area contributed by atoms with Crippen LogP contribution in [0.4, 0.5) is 29.2 Å². The number of likely N-dealkylation sites (tertiary alicyclic amines) is 1. The first-order chi connectivity index (χ1) is 18.2. The van der Waals surface area contributed by atoms with Crippen LogP contribution in [0.25, 0.3) is 16.8 Å². The summed E-state index contributed by atoms with van der Waals surface area (Å²) in [4.78, 5) is 27.1. The van der Waals surface area contributed by atoms with E-state index in [1.54, 1.807) is 10.6 Å². The van der Waals surface area contributed by atoms with Crippen molar-refractivity contribution in [3.63, 3.8) is 0 Å². The highest BCUT2D eigenvalue weighted by Crippen LogP contribution is 2.35. The molecule has 4 N–H and O–H groups in total. The minimum atomic E-state index is -4.60. The van der Waals surface area contributed by atoms with Gasteiger partial charge in [0.15, 0.2) is 0 Å². The number of pyridine rings is 1. The number of fused-ring (bicyclic) bond motifs is 1. The highest BCUT2D eigenvalue weighted by molar-refractivity contribution is 6.04. The molecule has 4 heterocycles. The fourth-order valence-electron chi connectivity index (χ4n) is 4.61. The molecule has 38 heavy (non-hydrogen) atoms. The number of carbonyl (C=O) groups excluding carboxylic acids is 1. The minimum absolute atomic E-state index is 0.0264. The Balaban J connectivity index is 1.48. The van der Waals surface area contributed by atoms with Gasteiger partial charge in [-0.05, 0) is 43.2 Å². The third-order valence-electron chi connectivity index (χ3n) is 6.43. The summed E-state index contributed by atoms with van der Waals surface area (Å²) in [7, 11) is 0. The second-order valence-corrected chi connectivity index (χ2v) is 8.89. The highest BCUT2D eigenvalue weighted by atomic mass is 19.4. The molecule has 1 saturated heterocycles. The molecule has 0 unspecified atom stereocenters. The molecule has 3 aromatic heterocycles. The highest BCUT2D eigenvalue weighted by Gasteiger charge is 2.31. The van der Waals surface area contributed by atoms with Crippen LogP contribution in [0.3, 0.4) is 0 Å². The number of nitrogens with two attached hydrogens (primary N) is 1. The topological polar surface area (TPSA) is 125 Å². The third-order valence-corrected chi connectivity index (χ3v) is 6.43. The van der Waals surface area contributed by atoms with Crippen molar-refractivity contribution in [1.29, 1.82) is 5.41 Å². The number of imidazole rings is 1. The van der Waals surface area contributed by atoms with Crippen LogP contribution in [0.15, 0.2) is 48.9 Å². The number of carbonyl (C=O) groups is 1. The molecule has 1 amide bonds. The molecule has 5 rings (SSSR count). The molecule has 196 valence electrons. The summed E-state index contributed by atoms with van der Waals surface area (Å²) in [5.74, 6) is -1.13. The van der Waals surface area contributed by atoms with Gasteiger partial charge >= 0.3 is 6.18 Å². The predicted molar refractivity (Wildman–Crippen MR) is 132 cm³/mol. The lowest BCUT2D eigenvalue weighted by Crippen LogP contribution is -2.33. The smallest absolute Gasteiger partial charge is 0.382 e. The number of hydrogen-bond acceptors (Lipinski definition) is 6. The van der Waals surface area contributed by atoms with Crippen molar-refractivity contribution in [3.8, 4) is 11.3 Å². The van der Waals surface area contributed by atoms with Crippen LogP contribution in [0, 0.1) is 11.2 Å². The molecule has 0 spiro atoms. The van der Waals surface area contributed by atoms with E-state index in [-0.39, 0.29) is 34.4 Å². The number of aromatic nitrogens is 4. The van der Waals surface area contributed by atoms with Gasteiger partial charge in [0.25, 0.3) is 5.91 Å². The Morgan fingerprint density at radius 1 is 1.18 bits per heavy atom. The van der Waals surface area contributed by atoms with Crippen molar-refractivity contribution in [2.75, 3.05) is 24.1 Å². The quantitative estimate of drug-likeness (QED) is 0.199. The first kappa shape index (κ1) is 25.1. The van der Waals surface area contributed by atoms with Crippen molar-refractivity contribution in [2.24, 2.45) is 0 Å². The van der Waals surface area contributed by atoms with Gasteiger partial charge in [0.05, 0.1) is 11.9 Å². The second-order valence-electron chi connectivity index (χ2n) is 8.89. The van der Waals surface area contributed by atoms with Gasteiger partial charge in [0.2, 0.25) is 0 Å². The molecule has 1 fully saturated rings. The van der Waals surface area contributed by atoms with Crippen LogP contribution in [-0.4, -0.2) is 49.6 Å². The zero-order valence-electron chi connectivity index (χ0n) is 19.8. The Bertz CT molecular complexity index is 1530. The summed E-state index contributed by atoms with van der Waals surface area (Å²) < 4.78 is 56.0. The van der Waals surface area contributed by atoms with E-state index in [4.69, 9.17) is 16.1 Å².